The molecule has 1 aromatic carbocycles. The van der Waals surface area contributed by atoms with E-state index < -0.39 is 0 Å². The Bertz CT molecular complexity index is 609. The Kier molecular flexibility index (Phi) is 5.44. The molecule has 1 aliphatic carbocycles. The summed E-state index contributed by atoms with van der Waals surface area (Å²) in [5.74, 6) is 2.23. The van der Waals surface area contributed by atoms with Gasteiger partial charge in [-0.3, -0.25) is 4.79 Å². The minimum atomic E-state index is 0.140. The minimum Gasteiger partial charge on any atom is -0.493 e. The van der Waals surface area contributed by atoms with Gasteiger partial charge in [0.1, 0.15) is 0 Å². The van der Waals surface area contributed by atoms with Crippen LogP contribution in [0, 0.1) is 5.92 Å². The van der Waals surface area contributed by atoms with Gasteiger partial charge in [-0.1, -0.05) is 18.9 Å². The summed E-state index contributed by atoms with van der Waals surface area (Å²) in [5, 5.41) is 0. The molecule has 0 radical (unpaired) electrons. The zero-order valence-corrected chi connectivity index (χ0v) is 14.7. The number of fused-ring (bicyclic) bond motifs is 1. The van der Waals surface area contributed by atoms with Gasteiger partial charge in [0.2, 0.25) is 5.91 Å². The monoisotopic (exact) mass is 329 g/mol. The van der Waals surface area contributed by atoms with Crippen LogP contribution >= 0.6 is 0 Å². The van der Waals surface area contributed by atoms with E-state index in [0.29, 0.717) is 23.5 Å². The molecule has 1 saturated heterocycles. The highest BCUT2D eigenvalue weighted by Crippen LogP contribution is 2.35. The Labute approximate surface area is 144 Å². The molecule has 4 nitrogen and oxygen atoms in total. The second-order valence-corrected chi connectivity index (χ2v) is 6.73. The van der Waals surface area contributed by atoms with Crippen LogP contribution in [0.15, 0.2) is 24.3 Å². The molecule has 130 valence electrons. The lowest BCUT2D eigenvalue weighted by molar-refractivity contribution is -0.132. The van der Waals surface area contributed by atoms with E-state index >= 15 is 0 Å². The van der Waals surface area contributed by atoms with Gasteiger partial charge in [-0.05, 0) is 55.4 Å². The van der Waals surface area contributed by atoms with Crippen LogP contribution in [0.25, 0.3) is 6.08 Å². The molecule has 24 heavy (non-hydrogen) atoms. The summed E-state index contributed by atoms with van der Waals surface area (Å²) in [5.41, 5.74) is 0.943. The predicted octanol–water partition coefficient (Wildman–Crippen LogP) is 3.90. The molecule has 2 aliphatic rings. The van der Waals surface area contributed by atoms with E-state index in [2.05, 4.69) is 4.90 Å². The number of ether oxygens (including phenoxy) is 2. The van der Waals surface area contributed by atoms with Crippen LogP contribution in [0.3, 0.4) is 0 Å². The molecule has 1 aliphatic heterocycles. The van der Waals surface area contributed by atoms with Gasteiger partial charge in [0.05, 0.1) is 14.2 Å². The van der Waals surface area contributed by atoms with Crippen molar-refractivity contribution >= 4 is 12.0 Å². The van der Waals surface area contributed by atoms with Gasteiger partial charge in [-0.25, -0.2) is 0 Å². The summed E-state index contributed by atoms with van der Waals surface area (Å²) < 4.78 is 10.6. The number of amides is 1. The summed E-state index contributed by atoms with van der Waals surface area (Å²) in [7, 11) is 3.24. The molecule has 2 unspecified atom stereocenters. The van der Waals surface area contributed by atoms with E-state index in [9.17, 15) is 4.79 Å². The third kappa shape index (κ3) is 3.58. The van der Waals surface area contributed by atoms with E-state index in [1.807, 2.05) is 24.3 Å². The number of benzene rings is 1. The van der Waals surface area contributed by atoms with Crippen LogP contribution < -0.4 is 9.47 Å². The Morgan fingerprint density at radius 1 is 1.08 bits per heavy atom. The fourth-order valence-electron chi connectivity index (χ4n) is 4.12. The topological polar surface area (TPSA) is 38.8 Å². The van der Waals surface area contributed by atoms with Gasteiger partial charge in [0.15, 0.2) is 11.5 Å². The average Bonchev–Trinajstić information content (AvgIpc) is 2.65. The van der Waals surface area contributed by atoms with Crippen molar-refractivity contribution in [3.8, 4) is 11.5 Å². The van der Waals surface area contributed by atoms with Crippen molar-refractivity contribution < 1.29 is 14.3 Å². The lowest BCUT2D eigenvalue weighted by Crippen LogP contribution is -2.49. The van der Waals surface area contributed by atoms with Crippen LogP contribution in [0.5, 0.6) is 11.5 Å². The number of methoxy groups -OCH3 is 2. The quantitative estimate of drug-likeness (QED) is 0.787. The number of hydrogen-bond acceptors (Lipinski definition) is 3. The lowest BCUT2D eigenvalue weighted by Gasteiger charge is -2.43. The fraction of sp³-hybridized carbons (Fsp3) is 0.550. The molecular formula is C20H27NO3. The highest BCUT2D eigenvalue weighted by Gasteiger charge is 2.34. The molecule has 0 spiro atoms. The van der Waals surface area contributed by atoms with E-state index in [4.69, 9.17) is 9.47 Å². The Balaban J connectivity index is 1.70. The summed E-state index contributed by atoms with van der Waals surface area (Å²) in [6.07, 6.45) is 11.0. The molecule has 2 fully saturated rings. The molecule has 0 bridgehead atoms. The van der Waals surface area contributed by atoms with E-state index in [0.717, 1.165) is 18.5 Å². The summed E-state index contributed by atoms with van der Waals surface area (Å²) >= 11 is 0. The Morgan fingerprint density at radius 3 is 2.62 bits per heavy atom. The summed E-state index contributed by atoms with van der Waals surface area (Å²) in [6, 6.07) is 6.14. The molecule has 2 atom stereocenters. The first-order valence-corrected chi connectivity index (χ1v) is 8.93. The number of carbonyl (C=O) groups excluding carboxylic acids is 1. The van der Waals surface area contributed by atoms with Crippen molar-refractivity contribution in [3.63, 3.8) is 0 Å². The maximum absolute atomic E-state index is 12.7. The van der Waals surface area contributed by atoms with Crippen molar-refractivity contribution in [2.45, 2.75) is 44.6 Å². The van der Waals surface area contributed by atoms with Gasteiger partial charge >= 0.3 is 0 Å². The molecule has 3 rings (SSSR count). The highest BCUT2D eigenvalue weighted by molar-refractivity contribution is 5.92. The van der Waals surface area contributed by atoms with E-state index in [-0.39, 0.29) is 5.91 Å². The van der Waals surface area contributed by atoms with Crippen LogP contribution in [0.2, 0.25) is 0 Å². The molecule has 1 amide bonds. The SMILES string of the molecule is COc1ccc(/C=C/C(=O)N2CCCC3CCCCC32)cc1OC. The molecule has 0 aromatic heterocycles. The average molecular weight is 329 g/mol. The molecule has 4 heteroatoms. The number of rotatable bonds is 4. The van der Waals surface area contributed by atoms with Crippen molar-refractivity contribution in [2.75, 3.05) is 20.8 Å². The maximum atomic E-state index is 12.7. The van der Waals surface area contributed by atoms with Crippen LogP contribution in [0.1, 0.15) is 44.1 Å². The first-order chi connectivity index (χ1) is 11.7. The lowest BCUT2D eigenvalue weighted by atomic mass is 9.78. The molecular weight excluding hydrogens is 302 g/mol. The van der Waals surface area contributed by atoms with Crippen LogP contribution in [-0.2, 0) is 4.79 Å². The smallest absolute Gasteiger partial charge is 0.246 e. The normalized spacial score (nSPS) is 23.8. The summed E-state index contributed by atoms with van der Waals surface area (Å²) in [6.45, 7) is 0.899. The van der Waals surface area contributed by atoms with Crippen molar-refractivity contribution in [1.29, 1.82) is 0 Å². The predicted molar refractivity (Wildman–Crippen MR) is 95.3 cm³/mol. The Hall–Kier alpha value is -1.97. The van der Waals surface area contributed by atoms with E-state index in [1.165, 1.54) is 32.1 Å². The zero-order chi connectivity index (χ0) is 16.9. The largest absolute Gasteiger partial charge is 0.493 e. The number of piperidine rings is 1. The van der Waals surface area contributed by atoms with Gasteiger partial charge < -0.3 is 14.4 Å². The van der Waals surface area contributed by atoms with Gasteiger partial charge in [-0.15, -0.1) is 0 Å². The third-order valence-corrected chi connectivity index (χ3v) is 5.35. The third-order valence-electron chi connectivity index (χ3n) is 5.35. The number of likely N-dealkylation sites (tertiary alicyclic amines) is 1. The zero-order valence-electron chi connectivity index (χ0n) is 14.7. The standard InChI is InChI=1S/C20H27NO3/c1-23-18-11-9-15(14-19(18)24-2)10-12-20(22)21-13-5-7-16-6-3-4-8-17(16)21/h9-12,14,16-17H,3-8,13H2,1-2H3/b12-10+. The van der Waals surface area contributed by atoms with Gasteiger partial charge in [-0.2, -0.15) is 0 Å². The maximum Gasteiger partial charge on any atom is 0.246 e. The number of nitrogens with zero attached hydrogens (tertiary/aromatic N) is 1. The molecule has 0 N–H and O–H groups in total. The summed E-state index contributed by atoms with van der Waals surface area (Å²) in [4.78, 5) is 14.8. The first kappa shape index (κ1) is 16.9. The van der Waals surface area contributed by atoms with Crippen LogP contribution in [0.4, 0.5) is 0 Å². The molecule has 1 aromatic rings. The van der Waals surface area contributed by atoms with Gasteiger partial charge in [0, 0.05) is 18.7 Å². The van der Waals surface area contributed by atoms with Crippen molar-refractivity contribution in [2.24, 2.45) is 5.92 Å². The fourth-order valence-corrected chi connectivity index (χ4v) is 4.12. The first-order valence-electron chi connectivity index (χ1n) is 8.93. The minimum absolute atomic E-state index is 0.140. The number of carbonyl (C=O) groups is 1. The van der Waals surface area contributed by atoms with Crippen LogP contribution in [-0.4, -0.2) is 37.6 Å². The Morgan fingerprint density at radius 2 is 1.83 bits per heavy atom. The molecule has 1 heterocycles. The van der Waals surface area contributed by atoms with Crippen molar-refractivity contribution in [3.05, 3.63) is 29.8 Å². The van der Waals surface area contributed by atoms with E-state index in [1.54, 1.807) is 20.3 Å². The number of hydrogen-bond donors (Lipinski definition) is 0. The van der Waals surface area contributed by atoms with Crippen molar-refractivity contribution in [1.82, 2.24) is 4.90 Å². The second-order valence-electron chi connectivity index (χ2n) is 6.73. The van der Waals surface area contributed by atoms with Gasteiger partial charge in [0.25, 0.3) is 0 Å². The molecule has 1 saturated carbocycles. The second kappa shape index (κ2) is 7.73. The highest BCUT2D eigenvalue weighted by atomic mass is 16.5.